The summed E-state index contributed by atoms with van der Waals surface area (Å²) in [5.74, 6) is 0. The van der Waals surface area contributed by atoms with Crippen molar-refractivity contribution in [3.05, 3.63) is 35.9 Å². The summed E-state index contributed by atoms with van der Waals surface area (Å²) in [5.41, 5.74) is 1.36. The number of hydrogen-bond donors (Lipinski definition) is 1. The molecule has 1 atom stereocenters. The molecule has 0 fully saturated rings. The Bertz CT molecular complexity index is 421. The predicted octanol–water partition coefficient (Wildman–Crippen LogP) is 2.94. The molecule has 0 heterocycles. The zero-order valence-electron chi connectivity index (χ0n) is 17.4. The maximum atomic E-state index is 9.87. The molecule has 1 N–H and O–H groups in total. The fraction of sp³-hybridized carbons (Fsp3) is 0.739. The van der Waals surface area contributed by atoms with Crippen molar-refractivity contribution in [1.82, 2.24) is 0 Å². The third-order valence-electron chi connectivity index (χ3n) is 5.52. The first-order valence-electron chi connectivity index (χ1n) is 10.6. The number of rotatable bonds is 15. The number of aliphatic hydroxyl groups excluding tert-OH is 1. The molecule has 1 aromatic rings. The fourth-order valence-electron chi connectivity index (χ4n) is 3.71. The van der Waals surface area contributed by atoms with Crippen LogP contribution < -0.4 is 17.0 Å². The quantitative estimate of drug-likeness (QED) is 0.337. The Morgan fingerprint density at radius 3 is 1.81 bits per heavy atom. The first-order valence-corrected chi connectivity index (χ1v) is 10.6. The van der Waals surface area contributed by atoms with Crippen LogP contribution >= 0.6 is 0 Å². The molecular weight excluding hydrogens is 386 g/mol. The smallest absolute Gasteiger partial charge is 0.112 e. The van der Waals surface area contributed by atoms with E-state index >= 15 is 0 Å². The van der Waals surface area contributed by atoms with Gasteiger partial charge in [-0.3, -0.25) is 0 Å². The molecule has 0 bridgehead atoms. The van der Waals surface area contributed by atoms with Crippen molar-refractivity contribution in [3.63, 3.8) is 0 Å². The van der Waals surface area contributed by atoms with Gasteiger partial charge in [-0.25, -0.2) is 0 Å². The molecule has 152 valence electrons. The van der Waals surface area contributed by atoms with E-state index in [0.29, 0.717) is 6.04 Å². The van der Waals surface area contributed by atoms with Gasteiger partial charge in [-0.1, -0.05) is 95.0 Å². The van der Waals surface area contributed by atoms with Crippen LogP contribution in [-0.4, -0.2) is 36.3 Å². The molecule has 0 spiro atoms. The number of halogens is 1. The minimum atomic E-state index is 0. The summed E-state index contributed by atoms with van der Waals surface area (Å²) in [6.45, 7) is 3.56. The maximum Gasteiger partial charge on any atom is 0.112 e. The van der Waals surface area contributed by atoms with Crippen LogP contribution in [0.5, 0.6) is 0 Å². The Morgan fingerprint density at radius 1 is 0.808 bits per heavy atom. The predicted molar refractivity (Wildman–Crippen MR) is 110 cm³/mol. The van der Waals surface area contributed by atoms with Gasteiger partial charge in [0.15, 0.2) is 0 Å². The van der Waals surface area contributed by atoms with E-state index in [1.54, 1.807) is 0 Å². The van der Waals surface area contributed by atoms with Crippen molar-refractivity contribution >= 4 is 0 Å². The highest BCUT2D eigenvalue weighted by Crippen LogP contribution is 2.19. The van der Waals surface area contributed by atoms with Crippen LogP contribution in [0.3, 0.4) is 0 Å². The lowest BCUT2D eigenvalue weighted by atomic mass is 10.0. The number of likely N-dealkylation sites (N-methyl/N-ethyl adjacent to an activating group) is 1. The number of nitrogens with zero attached hydrogens (tertiary/aromatic N) is 1. The summed E-state index contributed by atoms with van der Waals surface area (Å²) in [5, 5.41) is 9.87. The molecule has 1 rings (SSSR count). The molecule has 0 saturated heterocycles. The summed E-state index contributed by atoms with van der Waals surface area (Å²) in [4.78, 5) is 0. The van der Waals surface area contributed by atoms with Crippen molar-refractivity contribution in [2.45, 2.75) is 90.1 Å². The van der Waals surface area contributed by atoms with Gasteiger partial charge in [-0.15, -0.1) is 0 Å². The van der Waals surface area contributed by atoms with E-state index in [1.165, 1.54) is 69.8 Å². The van der Waals surface area contributed by atoms with E-state index in [9.17, 15) is 5.11 Å². The zero-order valence-corrected chi connectivity index (χ0v) is 19.0. The number of quaternary nitrogens is 1. The molecular formula is C23H42BrNO. The van der Waals surface area contributed by atoms with Gasteiger partial charge in [0.1, 0.15) is 12.6 Å². The van der Waals surface area contributed by atoms with Crippen LogP contribution in [0, 0.1) is 0 Å². The molecule has 1 unspecified atom stereocenters. The van der Waals surface area contributed by atoms with Gasteiger partial charge >= 0.3 is 0 Å². The molecule has 0 amide bonds. The summed E-state index contributed by atoms with van der Waals surface area (Å²) in [6.07, 6.45) is 14.8. The van der Waals surface area contributed by atoms with Gasteiger partial charge in [0.2, 0.25) is 0 Å². The average Bonchev–Trinajstić information content (AvgIpc) is 2.60. The van der Waals surface area contributed by atoms with Gasteiger partial charge in [-0.05, 0) is 6.42 Å². The van der Waals surface area contributed by atoms with E-state index in [-0.39, 0.29) is 23.6 Å². The monoisotopic (exact) mass is 427 g/mol. The van der Waals surface area contributed by atoms with Crippen LogP contribution in [0.25, 0.3) is 0 Å². The van der Waals surface area contributed by atoms with Crippen molar-refractivity contribution in [2.24, 2.45) is 0 Å². The first-order chi connectivity index (χ1) is 12.1. The Hall–Kier alpha value is -0.380. The lowest BCUT2D eigenvalue weighted by Crippen LogP contribution is -3.00. The van der Waals surface area contributed by atoms with Crippen LogP contribution in [0.4, 0.5) is 0 Å². The second kappa shape index (κ2) is 15.7. The number of aliphatic hydroxyl groups is 1. The largest absolute Gasteiger partial charge is 1.00 e. The van der Waals surface area contributed by atoms with E-state index in [1.807, 2.05) is 0 Å². The molecule has 3 heteroatoms. The molecule has 26 heavy (non-hydrogen) atoms. The normalized spacial score (nSPS) is 12.6. The molecule has 0 aliphatic rings. The Labute approximate surface area is 173 Å². The van der Waals surface area contributed by atoms with Gasteiger partial charge in [0.05, 0.1) is 20.7 Å². The lowest BCUT2D eigenvalue weighted by molar-refractivity contribution is -0.928. The van der Waals surface area contributed by atoms with Gasteiger partial charge < -0.3 is 26.6 Å². The number of benzene rings is 1. The van der Waals surface area contributed by atoms with Crippen LogP contribution in [0.2, 0.25) is 0 Å². The second-order valence-electron chi connectivity index (χ2n) is 8.23. The summed E-state index contributed by atoms with van der Waals surface area (Å²) >= 11 is 0. The molecule has 0 radical (unpaired) electrons. The standard InChI is InChI=1S/C23H42NO.BrH/c1-4-5-6-7-8-9-10-11-12-16-19-23(21-25)24(2,3)20-22-17-14-13-15-18-22;/h13-15,17-18,23,25H,4-12,16,19-21H2,1-3H3;1H/q+1;/p-1. The summed E-state index contributed by atoms with van der Waals surface area (Å²) < 4.78 is 0.873. The topological polar surface area (TPSA) is 20.2 Å². The molecule has 1 aromatic carbocycles. The van der Waals surface area contributed by atoms with Crippen molar-refractivity contribution < 1.29 is 26.6 Å². The first kappa shape index (κ1) is 25.6. The van der Waals surface area contributed by atoms with Crippen LogP contribution in [0.15, 0.2) is 30.3 Å². The molecule has 0 aromatic heterocycles. The van der Waals surface area contributed by atoms with E-state index in [0.717, 1.165) is 17.4 Å². The third kappa shape index (κ3) is 11.4. The maximum absolute atomic E-state index is 9.87. The van der Waals surface area contributed by atoms with Crippen LogP contribution in [-0.2, 0) is 6.54 Å². The Morgan fingerprint density at radius 2 is 1.31 bits per heavy atom. The lowest BCUT2D eigenvalue weighted by Gasteiger charge is -2.37. The average molecular weight is 428 g/mol. The summed E-state index contributed by atoms with van der Waals surface area (Å²) in [6, 6.07) is 11.0. The highest BCUT2D eigenvalue weighted by molar-refractivity contribution is 5.13. The van der Waals surface area contributed by atoms with Crippen molar-refractivity contribution in [3.8, 4) is 0 Å². The van der Waals surface area contributed by atoms with Gasteiger partial charge in [0.25, 0.3) is 0 Å². The van der Waals surface area contributed by atoms with E-state index < -0.39 is 0 Å². The van der Waals surface area contributed by atoms with Crippen LogP contribution in [0.1, 0.15) is 83.1 Å². The molecule has 0 saturated carbocycles. The highest BCUT2D eigenvalue weighted by atomic mass is 79.9. The molecule has 2 nitrogen and oxygen atoms in total. The van der Waals surface area contributed by atoms with Crippen molar-refractivity contribution in [1.29, 1.82) is 0 Å². The SMILES string of the molecule is CCCCCCCCCCCCC(CO)[N+](C)(C)Cc1ccccc1.[Br-]. The molecule has 0 aliphatic carbocycles. The number of unbranched alkanes of at least 4 members (excludes halogenated alkanes) is 9. The number of hydrogen-bond acceptors (Lipinski definition) is 1. The molecule has 0 aliphatic heterocycles. The minimum Gasteiger partial charge on any atom is -1.00 e. The zero-order chi connectivity index (χ0) is 18.4. The minimum absolute atomic E-state index is 0. The van der Waals surface area contributed by atoms with Gasteiger partial charge in [-0.2, -0.15) is 0 Å². The summed E-state index contributed by atoms with van der Waals surface area (Å²) in [7, 11) is 4.51. The Balaban J connectivity index is 0.00000625. The Kier molecular flexibility index (Phi) is 15.4. The second-order valence-corrected chi connectivity index (χ2v) is 8.23. The van der Waals surface area contributed by atoms with Gasteiger partial charge in [0, 0.05) is 12.0 Å². The fourth-order valence-corrected chi connectivity index (χ4v) is 3.71. The van der Waals surface area contributed by atoms with E-state index in [4.69, 9.17) is 0 Å². The van der Waals surface area contributed by atoms with Crippen molar-refractivity contribution in [2.75, 3.05) is 20.7 Å². The highest BCUT2D eigenvalue weighted by Gasteiger charge is 2.27. The third-order valence-corrected chi connectivity index (χ3v) is 5.52. The van der Waals surface area contributed by atoms with E-state index in [2.05, 4.69) is 51.4 Å².